The summed E-state index contributed by atoms with van der Waals surface area (Å²) in [5.74, 6) is 0.861. The number of ether oxygens (including phenoxy) is 1. The molecule has 0 saturated heterocycles. The fraction of sp³-hybridized carbons (Fsp3) is 0.0769. The third kappa shape index (κ3) is 5.32. The molecule has 4 rings (SSSR count). The van der Waals surface area contributed by atoms with Gasteiger partial charge in [0.25, 0.3) is 5.56 Å². The molecule has 162 valence electrons. The third-order valence-electron chi connectivity index (χ3n) is 4.98. The molecular formula is C26H21N5O2. The molecule has 0 radical (unpaired) electrons. The molecule has 0 aliphatic carbocycles. The first-order chi connectivity index (χ1) is 16.1. The van der Waals surface area contributed by atoms with Gasteiger partial charge in [0.15, 0.2) is 0 Å². The topological polar surface area (TPSA) is 103 Å². The van der Waals surface area contributed by atoms with Crippen LogP contribution in [0.5, 0.6) is 5.75 Å². The quantitative estimate of drug-likeness (QED) is 0.325. The van der Waals surface area contributed by atoms with Crippen molar-refractivity contribution in [3.63, 3.8) is 0 Å². The fourth-order valence-electron chi connectivity index (χ4n) is 3.22. The minimum absolute atomic E-state index is 0.0470. The number of anilines is 1. The van der Waals surface area contributed by atoms with Crippen molar-refractivity contribution in [2.24, 2.45) is 5.10 Å². The number of nitrogens with one attached hydrogen (secondary N) is 2. The molecule has 7 nitrogen and oxygen atoms in total. The largest absolute Gasteiger partial charge is 0.489 e. The van der Waals surface area contributed by atoms with Gasteiger partial charge in [-0.2, -0.15) is 10.4 Å². The number of aryl methyl sites for hydroxylation is 1. The summed E-state index contributed by atoms with van der Waals surface area (Å²) in [4.78, 5) is 19.2. The summed E-state index contributed by atoms with van der Waals surface area (Å²) in [6.07, 6.45) is 1.60. The number of nitrogens with zero attached hydrogens (tertiary/aromatic N) is 3. The Morgan fingerprint density at radius 2 is 1.88 bits per heavy atom. The normalized spacial score (nSPS) is 10.7. The van der Waals surface area contributed by atoms with E-state index < -0.39 is 5.56 Å². The molecule has 0 unspecified atom stereocenters. The molecule has 0 saturated carbocycles. The zero-order chi connectivity index (χ0) is 23.0. The second-order valence-corrected chi connectivity index (χ2v) is 7.27. The molecule has 33 heavy (non-hydrogen) atoms. The molecule has 0 bridgehead atoms. The second-order valence-electron chi connectivity index (χ2n) is 7.27. The Balaban J connectivity index is 1.48. The maximum Gasteiger partial charge on any atom is 0.270 e. The molecule has 1 aromatic heterocycles. The summed E-state index contributed by atoms with van der Waals surface area (Å²) in [6, 6.07) is 26.6. The van der Waals surface area contributed by atoms with E-state index in [0.717, 1.165) is 16.9 Å². The van der Waals surface area contributed by atoms with Crippen molar-refractivity contribution in [3.8, 4) is 23.1 Å². The van der Waals surface area contributed by atoms with Gasteiger partial charge in [-0.15, -0.1) is 0 Å². The first-order valence-electron chi connectivity index (χ1n) is 10.3. The Morgan fingerprint density at radius 1 is 1.09 bits per heavy atom. The van der Waals surface area contributed by atoms with Crippen molar-refractivity contribution >= 4 is 12.2 Å². The van der Waals surface area contributed by atoms with Gasteiger partial charge in [0, 0.05) is 5.56 Å². The number of hydrogen-bond donors (Lipinski definition) is 2. The summed E-state index contributed by atoms with van der Waals surface area (Å²) in [7, 11) is 0. The summed E-state index contributed by atoms with van der Waals surface area (Å²) >= 11 is 0. The lowest BCUT2D eigenvalue weighted by Crippen LogP contribution is -2.16. The highest BCUT2D eigenvalue weighted by molar-refractivity contribution is 5.80. The van der Waals surface area contributed by atoms with E-state index >= 15 is 0 Å². The average molecular weight is 435 g/mol. The maximum atomic E-state index is 12.3. The van der Waals surface area contributed by atoms with Crippen LogP contribution in [0.25, 0.3) is 11.3 Å². The SMILES string of the molecule is Cc1ccccc1COc1cccc(C=NNc2nc(-c3ccccc3)c(C#N)c(=O)[nH]2)c1. The van der Waals surface area contributed by atoms with E-state index in [9.17, 15) is 10.1 Å². The minimum Gasteiger partial charge on any atom is -0.489 e. The summed E-state index contributed by atoms with van der Waals surface area (Å²) in [6.45, 7) is 2.53. The number of aromatic amines is 1. The van der Waals surface area contributed by atoms with Crippen molar-refractivity contribution in [1.29, 1.82) is 5.26 Å². The molecule has 0 atom stereocenters. The van der Waals surface area contributed by atoms with Crippen molar-refractivity contribution in [2.75, 3.05) is 5.43 Å². The average Bonchev–Trinajstić information content (AvgIpc) is 2.84. The Labute approximate surface area is 191 Å². The van der Waals surface area contributed by atoms with Gasteiger partial charge in [-0.1, -0.05) is 66.7 Å². The molecule has 0 amide bonds. The zero-order valence-corrected chi connectivity index (χ0v) is 17.9. The molecule has 4 aromatic rings. The van der Waals surface area contributed by atoms with Crippen molar-refractivity contribution in [2.45, 2.75) is 13.5 Å². The summed E-state index contributed by atoms with van der Waals surface area (Å²) in [5, 5.41) is 13.5. The number of hydrazone groups is 1. The molecule has 3 aromatic carbocycles. The lowest BCUT2D eigenvalue weighted by Gasteiger charge is -2.09. The predicted octanol–water partition coefficient (Wildman–Crippen LogP) is 4.64. The van der Waals surface area contributed by atoms with Gasteiger partial charge in [0.05, 0.1) is 11.9 Å². The van der Waals surface area contributed by atoms with Crippen molar-refractivity contribution in [3.05, 3.63) is 111 Å². The van der Waals surface area contributed by atoms with Crippen LogP contribution in [-0.2, 0) is 6.61 Å². The van der Waals surface area contributed by atoms with Crippen LogP contribution in [0.15, 0.2) is 88.8 Å². The van der Waals surface area contributed by atoms with Crippen LogP contribution in [0.1, 0.15) is 22.3 Å². The Hall–Kier alpha value is -4.70. The number of H-pyrrole nitrogens is 1. The highest BCUT2D eigenvalue weighted by Crippen LogP contribution is 2.19. The van der Waals surface area contributed by atoms with E-state index in [1.165, 1.54) is 5.56 Å². The first-order valence-corrected chi connectivity index (χ1v) is 10.3. The van der Waals surface area contributed by atoms with Gasteiger partial charge in [-0.3, -0.25) is 9.78 Å². The third-order valence-corrected chi connectivity index (χ3v) is 4.98. The number of rotatable bonds is 7. The number of aromatic nitrogens is 2. The first kappa shape index (κ1) is 21.5. The van der Waals surface area contributed by atoms with Crippen LogP contribution >= 0.6 is 0 Å². The van der Waals surface area contributed by atoms with Crippen LogP contribution in [0.2, 0.25) is 0 Å². The van der Waals surface area contributed by atoms with Gasteiger partial charge in [0.1, 0.15) is 24.0 Å². The van der Waals surface area contributed by atoms with E-state index in [-0.39, 0.29) is 11.5 Å². The lowest BCUT2D eigenvalue weighted by molar-refractivity contribution is 0.305. The molecule has 2 N–H and O–H groups in total. The molecule has 0 spiro atoms. The van der Waals surface area contributed by atoms with Crippen LogP contribution in [0.3, 0.4) is 0 Å². The molecule has 0 aliphatic heterocycles. The lowest BCUT2D eigenvalue weighted by atomic mass is 10.1. The highest BCUT2D eigenvalue weighted by atomic mass is 16.5. The molecule has 0 fully saturated rings. The van der Waals surface area contributed by atoms with E-state index in [4.69, 9.17) is 4.74 Å². The molecular weight excluding hydrogens is 414 g/mol. The van der Waals surface area contributed by atoms with Gasteiger partial charge in [-0.25, -0.2) is 10.4 Å². The van der Waals surface area contributed by atoms with Crippen molar-refractivity contribution in [1.82, 2.24) is 9.97 Å². The van der Waals surface area contributed by atoms with E-state index in [2.05, 4.69) is 33.5 Å². The van der Waals surface area contributed by atoms with Gasteiger partial charge >= 0.3 is 0 Å². The standard InChI is InChI=1S/C26H21N5O2/c1-18-8-5-6-12-21(18)17-33-22-13-7-9-19(14-22)16-28-31-26-29-24(20-10-3-2-4-11-20)23(15-27)25(32)30-26/h2-14,16H,17H2,1H3,(H2,29,30,31,32). The van der Waals surface area contributed by atoms with Crippen molar-refractivity contribution < 1.29 is 4.74 Å². The molecule has 7 heteroatoms. The number of nitriles is 1. The summed E-state index contributed by atoms with van der Waals surface area (Å²) in [5.41, 5.74) is 6.24. The van der Waals surface area contributed by atoms with Gasteiger partial charge in [-0.05, 0) is 35.7 Å². The number of hydrogen-bond acceptors (Lipinski definition) is 6. The van der Waals surface area contributed by atoms with Gasteiger partial charge in [0.2, 0.25) is 5.95 Å². The Bertz CT molecular complexity index is 1390. The maximum absolute atomic E-state index is 12.3. The minimum atomic E-state index is -0.532. The zero-order valence-electron chi connectivity index (χ0n) is 17.9. The summed E-state index contributed by atoms with van der Waals surface area (Å²) < 4.78 is 5.91. The van der Waals surface area contributed by atoms with Crippen LogP contribution in [0, 0.1) is 18.3 Å². The smallest absolute Gasteiger partial charge is 0.270 e. The predicted molar refractivity (Wildman–Crippen MR) is 128 cm³/mol. The highest BCUT2D eigenvalue weighted by Gasteiger charge is 2.12. The second kappa shape index (κ2) is 10.1. The molecule has 1 heterocycles. The number of benzene rings is 3. The van der Waals surface area contributed by atoms with E-state index in [1.54, 1.807) is 18.3 Å². The Morgan fingerprint density at radius 3 is 2.67 bits per heavy atom. The fourth-order valence-corrected chi connectivity index (χ4v) is 3.22. The van der Waals surface area contributed by atoms with Crippen LogP contribution in [-0.4, -0.2) is 16.2 Å². The Kier molecular flexibility index (Phi) is 6.57. The van der Waals surface area contributed by atoms with E-state index in [1.807, 2.05) is 66.7 Å². The van der Waals surface area contributed by atoms with Gasteiger partial charge < -0.3 is 4.74 Å². The monoisotopic (exact) mass is 435 g/mol. The van der Waals surface area contributed by atoms with Crippen LogP contribution < -0.4 is 15.7 Å². The molecule has 0 aliphatic rings. The van der Waals surface area contributed by atoms with Crippen LogP contribution in [0.4, 0.5) is 5.95 Å². The van der Waals surface area contributed by atoms with E-state index in [0.29, 0.717) is 17.9 Å².